The van der Waals surface area contributed by atoms with Crippen molar-refractivity contribution in [3.05, 3.63) is 75.8 Å². The highest BCUT2D eigenvalue weighted by Crippen LogP contribution is 2.57. The Bertz CT molecular complexity index is 762. The Hall–Kier alpha value is -1.83. The Morgan fingerprint density at radius 2 is 2.05 bits per heavy atom. The summed E-state index contributed by atoms with van der Waals surface area (Å²) in [4.78, 5) is 10.3. The highest BCUT2D eigenvalue weighted by Gasteiger charge is 2.32. The third-order valence-electron chi connectivity index (χ3n) is 3.65. The van der Waals surface area contributed by atoms with Crippen LogP contribution in [0.15, 0.2) is 64.7 Å². The largest absolute Gasteiger partial charge is 0.421 e. The fourth-order valence-corrected chi connectivity index (χ4v) is 3.75. The molecule has 0 saturated heterocycles. The van der Waals surface area contributed by atoms with Gasteiger partial charge < -0.3 is 9.42 Å². The lowest BCUT2D eigenvalue weighted by atomic mass is 10.1. The molecule has 0 bridgehead atoms. The minimum Gasteiger partial charge on any atom is -0.421 e. The van der Waals surface area contributed by atoms with Crippen LogP contribution >= 0.6 is 7.60 Å². The maximum absolute atomic E-state index is 12.6. The third-order valence-corrected chi connectivity index (χ3v) is 5.11. The lowest BCUT2D eigenvalue weighted by Crippen LogP contribution is -1.96. The van der Waals surface area contributed by atoms with Gasteiger partial charge in [-0.3, -0.25) is 0 Å². The van der Waals surface area contributed by atoms with Gasteiger partial charge in [-0.2, -0.15) is 0 Å². The molecule has 3 nitrogen and oxygen atoms in total. The van der Waals surface area contributed by atoms with Crippen molar-refractivity contribution in [2.24, 2.45) is 0 Å². The maximum atomic E-state index is 12.6. The van der Waals surface area contributed by atoms with E-state index in [1.807, 2.05) is 50.3 Å². The first-order valence-corrected chi connectivity index (χ1v) is 8.43. The minimum atomic E-state index is -3.83. The van der Waals surface area contributed by atoms with Crippen molar-refractivity contribution < 1.29 is 14.0 Å². The van der Waals surface area contributed by atoms with E-state index >= 15 is 0 Å². The molecular weight excluding hydrogens is 283 g/mol. The monoisotopic (exact) mass is 300 g/mol. The second-order valence-electron chi connectivity index (χ2n) is 5.43. The van der Waals surface area contributed by atoms with Gasteiger partial charge in [0.1, 0.15) is 5.76 Å². The van der Waals surface area contributed by atoms with E-state index in [9.17, 15) is 9.46 Å². The van der Waals surface area contributed by atoms with Crippen molar-refractivity contribution in [1.82, 2.24) is 0 Å². The Kier molecular flexibility index (Phi) is 3.48. The van der Waals surface area contributed by atoms with E-state index in [-0.39, 0.29) is 0 Å². The van der Waals surface area contributed by atoms with E-state index in [1.165, 1.54) is 0 Å². The Balaban J connectivity index is 1.84. The van der Waals surface area contributed by atoms with Crippen LogP contribution in [-0.2, 0) is 15.5 Å². The Morgan fingerprint density at radius 3 is 2.76 bits per heavy atom. The fourth-order valence-electron chi connectivity index (χ4n) is 2.53. The van der Waals surface area contributed by atoms with Crippen LogP contribution in [0.4, 0.5) is 0 Å². The summed E-state index contributed by atoms with van der Waals surface area (Å²) in [5.41, 5.74) is 3.98. The van der Waals surface area contributed by atoms with E-state index in [0.717, 1.165) is 22.3 Å². The Labute approximate surface area is 124 Å². The molecule has 0 spiro atoms. The van der Waals surface area contributed by atoms with Gasteiger partial charge in [0.15, 0.2) is 0 Å². The summed E-state index contributed by atoms with van der Waals surface area (Å²) in [6, 6.07) is 7.77. The summed E-state index contributed by atoms with van der Waals surface area (Å²) in [6.45, 7) is 3.91. The molecule has 2 aliphatic rings. The van der Waals surface area contributed by atoms with E-state index in [0.29, 0.717) is 17.5 Å². The molecular formula is C17H17O3P. The van der Waals surface area contributed by atoms with Crippen molar-refractivity contribution in [2.75, 3.05) is 0 Å². The van der Waals surface area contributed by atoms with Gasteiger partial charge in [0.05, 0.1) is 5.31 Å². The molecule has 0 amide bonds. The fraction of sp³-hybridized carbons (Fsp3) is 0.176. The third kappa shape index (κ3) is 2.67. The zero-order chi connectivity index (χ0) is 15.0. The van der Waals surface area contributed by atoms with Crippen molar-refractivity contribution in [2.45, 2.75) is 20.3 Å². The molecule has 0 fully saturated rings. The van der Waals surface area contributed by atoms with E-state index < -0.39 is 7.60 Å². The summed E-state index contributed by atoms with van der Waals surface area (Å²) in [6.07, 6.45) is 7.68. The molecule has 0 heterocycles. The molecule has 108 valence electrons. The average Bonchev–Trinajstić information content (AvgIpc) is 3.04. The molecule has 21 heavy (non-hydrogen) atoms. The second kappa shape index (κ2) is 5.18. The molecule has 0 aromatic heterocycles. The van der Waals surface area contributed by atoms with Crippen LogP contribution in [0.3, 0.4) is 0 Å². The number of hydrogen-bond acceptors (Lipinski definition) is 2. The quantitative estimate of drug-likeness (QED) is 0.831. The van der Waals surface area contributed by atoms with Gasteiger partial charge in [0, 0.05) is 12.0 Å². The number of benzene rings is 1. The van der Waals surface area contributed by atoms with E-state index in [2.05, 4.69) is 0 Å². The van der Waals surface area contributed by atoms with Crippen molar-refractivity contribution in [1.29, 1.82) is 0 Å². The van der Waals surface area contributed by atoms with Gasteiger partial charge in [-0.1, -0.05) is 42.0 Å². The Morgan fingerprint density at radius 1 is 1.29 bits per heavy atom. The van der Waals surface area contributed by atoms with Gasteiger partial charge in [0.25, 0.3) is 0 Å². The molecule has 4 heteroatoms. The number of allylic oxidation sites excluding steroid dienone is 5. The van der Waals surface area contributed by atoms with Crippen LogP contribution in [-0.4, -0.2) is 4.89 Å². The van der Waals surface area contributed by atoms with Gasteiger partial charge >= 0.3 is 7.60 Å². The number of hydrogen-bond donors (Lipinski definition) is 1. The lowest BCUT2D eigenvalue weighted by molar-refractivity contribution is 0.338. The van der Waals surface area contributed by atoms with Crippen LogP contribution in [0, 0.1) is 0 Å². The van der Waals surface area contributed by atoms with E-state index in [1.54, 1.807) is 12.2 Å². The SMILES string of the molecule is CC(C)=C1C=CC=C1OP(=O)(O)C1=Cc2ccccc2C1. The zero-order valence-corrected chi connectivity index (χ0v) is 12.9. The highest BCUT2D eigenvalue weighted by molar-refractivity contribution is 7.57. The molecule has 0 saturated carbocycles. The van der Waals surface area contributed by atoms with Crippen molar-refractivity contribution >= 4 is 13.7 Å². The van der Waals surface area contributed by atoms with Gasteiger partial charge in [-0.05, 0) is 37.1 Å². The summed E-state index contributed by atoms with van der Waals surface area (Å²) < 4.78 is 18.1. The maximum Gasteiger partial charge on any atom is 0.404 e. The molecule has 0 radical (unpaired) electrons. The summed E-state index contributed by atoms with van der Waals surface area (Å²) in [5.74, 6) is 0.470. The molecule has 3 rings (SSSR count). The van der Waals surface area contributed by atoms with Crippen LogP contribution in [0.5, 0.6) is 0 Å². The predicted molar refractivity (Wildman–Crippen MR) is 84.6 cm³/mol. The number of fused-ring (bicyclic) bond motifs is 1. The van der Waals surface area contributed by atoms with Crippen LogP contribution < -0.4 is 0 Å². The van der Waals surface area contributed by atoms with Gasteiger partial charge in [0.2, 0.25) is 0 Å². The summed E-state index contributed by atoms with van der Waals surface area (Å²) in [5, 5.41) is 0.449. The summed E-state index contributed by atoms with van der Waals surface area (Å²) >= 11 is 0. The molecule has 2 aliphatic carbocycles. The predicted octanol–water partition coefficient (Wildman–Crippen LogP) is 4.58. The van der Waals surface area contributed by atoms with Crippen LogP contribution in [0.2, 0.25) is 0 Å². The molecule has 0 aliphatic heterocycles. The molecule has 1 atom stereocenters. The molecule has 1 aromatic carbocycles. The number of rotatable bonds is 3. The first-order chi connectivity index (χ1) is 9.97. The topological polar surface area (TPSA) is 46.5 Å². The standard InChI is InChI=1S/C17H17O3P/c1-12(2)16-8-5-9-17(16)20-21(18,19)15-10-13-6-3-4-7-14(13)11-15/h3-10H,11H2,1-2H3,(H,18,19). The van der Waals surface area contributed by atoms with Crippen LogP contribution in [0.25, 0.3) is 6.08 Å². The highest BCUT2D eigenvalue weighted by atomic mass is 31.2. The first-order valence-electron chi connectivity index (χ1n) is 6.85. The lowest BCUT2D eigenvalue weighted by Gasteiger charge is -2.16. The van der Waals surface area contributed by atoms with Gasteiger partial charge in [-0.25, -0.2) is 4.57 Å². The van der Waals surface area contributed by atoms with E-state index in [4.69, 9.17) is 4.52 Å². The molecule has 1 N–H and O–H groups in total. The smallest absolute Gasteiger partial charge is 0.404 e. The normalized spacial score (nSPS) is 18.9. The molecule has 1 aromatic rings. The van der Waals surface area contributed by atoms with Crippen molar-refractivity contribution in [3.8, 4) is 0 Å². The van der Waals surface area contributed by atoms with Gasteiger partial charge in [-0.15, -0.1) is 0 Å². The zero-order valence-electron chi connectivity index (χ0n) is 12.0. The molecule has 1 unspecified atom stereocenters. The minimum absolute atomic E-state index is 0.449. The second-order valence-corrected chi connectivity index (χ2v) is 7.22. The first kappa shape index (κ1) is 14.1. The summed E-state index contributed by atoms with van der Waals surface area (Å²) in [7, 11) is -3.83. The average molecular weight is 300 g/mol. The van der Waals surface area contributed by atoms with Crippen molar-refractivity contribution in [3.63, 3.8) is 0 Å². The van der Waals surface area contributed by atoms with Crippen LogP contribution in [0.1, 0.15) is 25.0 Å².